The van der Waals surface area contributed by atoms with Gasteiger partial charge in [0.15, 0.2) is 0 Å². The number of para-hydroxylation sites is 2. The van der Waals surface area contributed by atoms with Crippen molar-refractivity contribution in [3.05, 3.63) is 197 Å². The highest BCUT2D eigenvalue weighted by Crippen LogP contribution is 2.51. The summed E-state index contributed by atoms with van der Waals surface area (Å²) < 4.78 is 9.33. The van der Waals surface area contributed by atoms with Gasteiger partial charge in [-0.2, -0.15) is 0 Å². The minimum Gasteiger partial charge on any atom is -0.455 e. The number of allylic oxidation sites excluding steroid dienone is 4. The van der Waals surface area contributed by atoms with Crippen LogP contribution in [0.3, 0.4) is 0 Å². The van der Waals surface area contributed by atoms with Crippen molar-refractivity contribution in [2.24, 2.45) is 0 Å². The Hall–Kier alpha value is -5.89. The van der Waals surface area contributed by atoms with Crippen molar-refractivity contribution in [1.29, 1.82) is 0 Å². The molecule has 12 rings (SSSR count). The number of hydrogen-bond acceptors (Lipinski definition) is 5. The smallest absolute Gasteiger partial charge is 0.143 e. The standard InChI is InChI=1S/C51H40N4OS/c1-3-12-31(13-4-1)49-52-50(32-14-5-2-6-15-32)54-51(53-49)34-22-25-39-41-19-11-18-36(48(41)56-45(39)29-34)33-23-27-46-42(28-33)40-26-24-35(30-47(40)57-46)55-43-20-9-7-16-37(43)38-17-8-10-21-44(38)55/h1-7,9-16,18-30,40,47,49-54H,8,17H2. The summed E-state index contributed by atoms with van der Waals surface area (Å²) in [5.74, 6) is 0.323. The Kier molecular flexibility index (Phi) is 7.80. The Labute approximate surface area is 335 Å². The van der Waals surface area contributed by atoms with Gasteiger partial charge in [0.25, 0.3) is 0 Å². The first-order chi connectivity index (χ1) is 28.2. The molecule has 2 aliphatic heterocycles. The summed E-state index contributed by atoms with van der Waals surface area (Å²) in [6.07, 6.45) is 14.0. The molecular weight excluding hydrogens is 717 g/mol. The number of benzene rings is 6. The normalized spacial score (nSPS) is 22.5. The molecule has 0 spiro atoms. The number of thioether (sulfide) groups is 1. The SMILES string of the molecule is C1=Cc2c(c3ccccc3n2C2=CC3Sc4ccc(-c5cccc6c5oc5cc(C7NC(c8ccccc8)NC(c8ccccc8)N7)ccc56)cc4C3C=C2)CC1. The molecule has 2 aliphatic carbocycles. The Balaban J connectivity index is 0.871. The van der Waals surface area contributed by atoms with E-state index in [2.05, 4.69) is 190 Å². The monoisotopic (exact) mass is 756 g/mol. The highest BCUT2D eigenvalue weighted by atomic mass is 32.2. The molecular formula is C51H40N4OS. The molecule has 5 nitrogen and oxygen atoms in total. The number of nitrogens with zero attached hydrogens (tertiary/aromatic N) is 1. The van der Waals surface area contributed by atoms with E-state index < -0.39 is 0 Å². The van der Waals surface area contributed by atoms with Gasteiger partial charge in [-0.15, -0.1) is 11.8 Å². The van der Waals surface area contributed by atoms with Crippen LogP contribution in [0.15, 0.2) is 173 Å². The van der Waals surface area contributed by atoms with Crippen LogP contribution >= 0.6 is 11.8 Å². The minimum absolute atomic E-state index is 0.0319. The number of fused-ring (bicyclic) bond motifs is 9. The van der Waals surface area contributed by atoms with Crippen molar-refractivity contribution in [3.8, 4) is 11.1 Å². The second-order valence-corrected chi connectivity index (χ2v) is 16.8. The lowest BCUT2D eigenvalue weighted by Gasteiger charge is -2.39. The molecule has 4 heterocycles. The lowest BCUT2D eigenvalue weighted by molar-refractivity contribution is 0.203. The average Bonchev–Trinajstić information content (AvgIpc) is 3.95. The first-order valence-corrected chi connectivity index (χ1v) is 20.9. The summed E-state index contributed by atoms with van der Waals surface area (Å²) in [6, 6.07) is 50.3. The summed E-state index contributed by atoms with van der Waals surface area (Å²) in [4.78, 5) is 1.36. The number of furan rings is 1. The fourth-order valence-electron chi connectivity index (χ4n) is 9.61. The molecule has 6 aromatic carbocycles. The van der Waals surface area contributed by atoms with E-state index in [4.69, 9.17) is 4.42 Å². The van der Waals surface area contributed by atoms with Gasteiger partial charge in [-0.1, -0.05) is 127 Å². The lowest BCUT2D eigenvalue weighted by Crippen LogP contribution is -2.54. The summed E-state index contributed by atoms with van der Waals surface area (Å²) in [5, 5.41) is 15.4. The van der Waals surface area contributed by atoms with Gasteiger partial charge in [-0.3, -0.25) is 16.0 Å². The number of hydrogen-bond donors (Lipinski definition) is 3. The van der Waals surface area contributed by atoms with Crippen molar-refractivity contribution < 1.29 is 4.42 Å². The van der Waals surface area contributed by atoms with Gasteiger partial charge in [0, 0.05) is 49.2 Å². The Morgan fingerprint density at radius 2 is 1.37 bits per heavy atom. The Morgan fingerprint density at radius 3 is 2.18 bits per heavy atom. The predicted molar refractivity (Wildman–Crippen MR) is 235 cm³/mol. The number of nitrogens with one attached hydrogen (secondary N) is 3. The van der Waals surface area contributed by atoms with Gasteiger partial charge < -0.3 is 8.98 Å². The van der Waals surface area contributed by atoms with E-state index in [1.807, 2.05) is 11.8 Å². The molecule has 8 aromatic rings. The quantitative estimate of drug-likeness (QED) is 0.163. The molecule has 276 valence electrons. The third-order valence-corrected chi connectivity index (χ3v) is 13.7. The molecule has 4 unspecified atom stereocenters. The van der Waals surface area contributed by atoms with Crippen molar-refractivity contribution >= 4 is 56.4 Å². The Bertz CT molecular complexity index is 2910. The highest BCUT2D eigenvalue weighted by Gasteiger charge is 2.34. The molecule has 6 heteroatoms. The van der Waals surface area contributed by atoms with Crippen molar-refractivity contribution in [1.82, 2.24) is 20.5 Å². The van der Waals surface area contributed by atoms with Crippen LogP contribution in [0.4, 0.5) is 0 Å². The second-order valence-electron chi connectivity index (χ2n) is 15.6. The molecule has 57 heavy (non-hydrogen) atoms. The van der Waals surface area contributed by atoms with E-state index in [-0.39, 0.29) is 18.5 Å². The van der Waals surface area contributed by atoms with Gasteiger partial charge in [0.1, 0.15) is 11.2 Å². The third-order valence-electron chi connectivity index (χ3n) is 12.3. The number of aromatic nitrogens is 1. The lowest BCUT2D eigenvalue weighted by atomic mass is 9.89. The summed E-state index contributed by atoms with van der Waals surface area (Å²) in [6.45, 7) is 0. The number of aryl methyl sites for hydroxylation is 1. The largest absolute Gasteiger partial charge is 0.455 e. The third kappa shape index (κ3) is 5.51. The highest BCUT2D eigenvalue weighted by molar-refractivity contribution is 8.00. The van der Waals surface area contributed by atoms with E-state index in [9.17, 15) is 0 Å². The Morgan fingerprint density at radius 1 is 0.632 bits per heavy atom. The minimum atomic E-state index is -0.0999. The van der Waals surface area contributed by atoms with Crippen molar-refractivity contribution in [3.63, 3.8) is 0 Å². The van der Waals surface area contributed by atoms with Crippen molar-refractivity contribution in [2.75, 3.05) is 0 Å². The van der Waals surface area contributed by atoms with Crippen LogP contribution in [0, 0.1) is 0 Å². The van der Waals surface area contributed by atoms with E-state index in [0.717, 1.165) is 45.9 Å². The molecule has 0 amide bonds. The van der Waals surface area contributed by atoms with Gasteiger partial charge in [0.05, 0.1) is 24.0 Å². The van der Waals surface area contributed by atoms with E-state index in [1.165, 1.54) is 55.0 Å². The molecule has 0 bridgehead atoms. The zero-order valence-corrected chi connectivity index (χ0v) is 32.0. The molecule has 0 radical (unpaired) electrons. The topological polar surface area (TPSA) is 54.2 Å². The van der Waals surface area contributed by atoms with Crippen LogP contribution in [0.25, 0.3) is 55.7 Å². The molecule has 1 fully saturated rings. The maximum atomic E-state index is 6.85. The van der Waals surface area contributed by atoms with E-state index in [0.29, 0.717) is 11.2 Å². The summed E-state index contributed by atoms with van der Waals surface area (Å²) >= 11 is 1.99. The van der Waals surface area contributed by atoms with E-state index >= 15 is 0 Å². The van der Waals surface area contributed by atoms with Crippen LogP contribution < -0.4 is 16.0 Å². The first kappa shape index (κ1) is 33.3. The zero-order valence-electron chi connectivity index (χ0n) is 31.2. The average molecular weight is 757 g/mol. The second kappa shape index (κ2) is 13.4. The summed E-state index contributed by atoms with van der Waals surface area (Å²) in [7, 11) is 0. The van der Waals surface area contributed by atoms with Crippen LogP contribution in [0.1, 0.15) is 64.3 Å². The van der Waals surface area contributed by atoms with Gasteiger partial charge >= 0.3 is 0 Å². The first-order valence-electron chi connectivity index (χ1n) is 20.1. The van der Waals surface area contributed by atoms with Gasteiger partial charge in [0.2, 0.25) is 0 Å². The molecule has 4 atom stereocenters. The van der Waals surface area contributed by atoms with Crippen LogP contribution in [-0.2, 0) is 6.42 Å². The molecule has 2 aromatic heterocycles. The number of rotatable bonds is 5. The maximum Gasteiger partial charge on any atom is 0.143 e. The van der Waals surface area contributed by atoms with Crippen molar-refractivity contribution in [2.45, 2.75) is 47.4 Å². The molecule has 4 aliphatic rings. The molecule has 1 saturated heterocycles. The maximum absolute atomic E-state index is 6.85. The van der Waals surface area contributed by atoms with E-state index in [1.54, 1.807) is 0 Å². The fourth-order valence-corrected chi connectivity index (χ4v) is 11.0. The summed E-state index contributed by atoms with van der Waals surface area (Å²) in [5.41, 5.74) is 14.4. The zero-order chi connectivity index (χ0) is 37.5. The van der Waals surface area contributed by atoms with Gasteiger partial charge in [-0.25, -0.2) is 0 Å². The van der Waals surface area contributed by atoms with Crippen LogP contribution in [0.2, 0.25) is 0 Å². The molecule has 0 saturated carbocycles. The van der Waals surface area contributed by atoms with Gasteiger partial charge in [-0.05, 0) is 88.7 Å². The fraction of sp³-hybridized carbons (Fsp3) is 0.137. The predicted octanol–water partition coefficient (Wildman–Crippen LogP) is 12.0. The molecule has 3 N–H and O–H groups in total. The van der Waals surface area contributed by atoms with Crippen LogP contribution in [0.5, 0.6) is 0 Å². The van der Waals surface area contributed by atoms with Crippen LogP contribution in [-0.4, -0.2) is 9.82 Å².